The van der Waals surface area contributed by atoms with Gasteiger partial charge < -0.3 is 5.32 Å². The molecule has 1 unspecified atom stereocenters. The zero-order valence-corrected chi connectivity index (χ0v) is 12.2. The SMILES string of the molecule is CCCNC(CC1CCSCC1)c1cnnn1C. The highest BCUT2D eigenvalue weighted by Crippen LogP contribution is 2.30. The van der Waals surface area contributed by atoms with Crippen molar-refractivity contribution < 1.29 is 0 Å². The van der Waals surface area contributed by atoms with Gasteiger partial charge in [-0.05, 0) is 49.7 Å². The quantitative estimate of drug-likeness (QED) is 0.860. The first-order valence-electron chi connectivity index (χ1n) is 6.97. The first-order valence-corrected chi connectivity index (χ1v) is 8.12. The fourth-order valence-electron chi connectivity index (χ4n) is 2.56. The Bertz CT molecular complexity index is 347. The molecule has 5 heteroatoms. The second-order valence-corrected chi connectivity index (χ2v) is 6.31. The summed E-state index contributed by atoms with van der Waals surface area (Å²) in [5.41, 5.74) is 1.22. The Labute approximate surface area is 114 Å². The Kier molecular flexibility index (Phi) is 5.50. The number of hydrogen-bond donors (Lipinski definition) is 1. The van der Waals surface area contributed by atoms with E-state index in [-0.39, 0.29) is 0 Å². The summed E-state index contributed by atoms with van der Waals surface area (Å²) in [6.07, 6.45) is 7.02. The largest absolute Gasteiger partial charge is 0.309 e. The first-order chi connectivity index (χ1) is 8.81. The van der Waals surface area contributed by atoms with Gasteiger partial charge in [-0.15, -0.1) is 5.10 Å². The van der Waals surface area contributed by atoms with Crippen LogP contribution in [0.2, 0.25) is 0 Å². The van der Waals surface area contributed by atoms with Crippen LogP contribution in [0.15, 0.2) is 6.20 Å². The van der Waals surface area contributed by atoms with Crippen LogP contribution in [0.25, 0.3) is 0 Å². The first kappa shape index (κ1) is 13.9. The molecule has 0 saturated carbocycles. The van der Waals surface area contributed by atoms with E-state index < -0.39 is 0 Å². The Morgan fingerprint density at radius 3 is 2.89 bits per heavy atom. The van der Waals surface area contributed by atoms with E-state index in [0.717, 1.165) is 12.5 Å². The van der Waals surface area contributed by atoms with E-state index in [1.807, 2.05) is 17.9 Å². The Hall–Kier alpha value is -0.550. The monoisotopic (exact) mass is 268 g/mol. The molecule has 0 aliphatic carbocycles. The van der Waals surface area contributed by atoms with Crippen molar-refractivity contribution in [2.24, 2.45) is 13.0 Å². The highest BCUT2D eigenvalue weighted by Gasteiger charge is 2.22. The molecular formula is C13H24N4S. The van der Waals surface area contributed by atoms with E-state index in [2.05, 4.69) is 34.3 Å². The van der Waals surface area contributed by atoms with Crippen LogP contribution in [0.3, 0.4) is 0 Å². The van der Waals surface area contributed by atoms with E-state index in [0.29, 0.717) is 6.04 Å². The Morgan fingerprint density at radius 2 is 2.28 bits per heavy atom. The predicted molar refractivity (Wildman–Crippen MR) is 76.7 cm³/mol. The fourth-order valence-corrected chi connectivity index (χ4v) is 3.76. The molecule has 1 fully saturated rings. The second kappa shape index (κ2) is 7.14. The summed E-state index contributed by atoms with van der Waals surface area (Å²) >= 11 is 2.09. The lowest BCUT2D eigenvalue weighted by atomic mass is 9.93. The van der Waals surface area contributed by atoms with Gasteiger partial charge in [0.15, 0.2) is 0 Å². The second-order valence-electron chi connectivity index (χ2n) is 5.08. The zero-order valence-electron chi connectivity index (χ0n) is 11.4. The molecule has 1 N–H and O–H groups in total. The van der Waals surface area contributed by atoms with Gasteiger partial charge in [0.05, 0.1) is 17.9 Å². The van der Waals surface area contributed by atoms with E-state index in [1.54, 1.807) is 0 Å². The molecule has 102 valence electrons. The highest BCUT2D eigenvalue weighted by atomic mass is 32.2. The summed E-state index contributed by atoms with van der Waals surface area (Å²) in [4.78, 5) is 0. The van der Waals surface area contributed by atoms with Crippen molar-refractivity contribution in [3.8, 4) is 0 Å². The van der Waals surface area contributed by atoms with Crippen molar-refractivity contribution in [2.75, 3.05) is 18.1 Å². The molecule has 0 aromatic carbocycles. The van der Waals surface area contributed by atoms with E-state index in [1.165, 1.54) is 42.9 Å². The van der Waals surface area contributed by atoms with E-state index in [4.69, 9.17) is 0 Å². The van der Waals surface area contributed by atoms with Crippen LogP contribution in [0.4, 0.5) is 0 Å². The lowest BCUT2D eigenvalue weighted by molar-refractivity contribution is 0.358. The summed E-state index contributed by atoms with van der Waals surface area (Å²) in [5.74, 6) is 3.51. The van der Waals surface area contributed by atoms with Gasteiger partial charge >= 0.3 is 0 Å². The van der Waals surface area contributed by atoms with Crippen molar-refractivity contribution in [2.45, 2.75) is 38.6 Å². The summed E-state index contributed by atoms with van der Waals surface area (Å²) in [6, 6.07) is 0.415. The maximum absolute atomic E-state index is 4.06. The summed E-state index contributed by atoms with van der Waals surface area (Å²) in [5, 5.41) is 11.7. The molecule has 0 bridgehead atoms. The van der Waals surface area contributed by atoms with E-state index in [9.17, 15) is 0 Å². The van der Waals surface area contributed by atoms with Crippen LogP contribution in [0, 0.1) is 5.92 Å². The maximum Gasteiger partial charge on any atom is 0.0753 e. The molecule has 0 spiro atoms. The lowest BCUT2D eigenvalue weighted by Gasteiger charge is -2.26. The smallest absolute Gasteiger partial charge is 0.0753 e. The van der Waals surface area contributed by atoms with Crippen LogP contribution < -0.4 is 5.32 Å². The minimum Gasteiger partial charge on any atom is -0.309 e. The molecule has 2 rings (SSSR count). The maximum atomic E-state index is 4.06. The van der Waals surface area contributed by atoms with Crippen molar-refractivity contribution in [1.82, 2.24) is 20.3 Å². The summed E-state index contributed by atoms with van der Waals surface area (Å²) < 4.78 is 1.91. The molecule has 0 amide bonds. The van der Waals surface area contributed by atoms with Gasteiger partial charge in [-0.3, -0.25) is 4.68 Å². The van der Waals surface area contributed by atoms with Crippen molar-refractivity contribution in [3.05, 3.63) is 11.9 Å². The normalized spacial score (nSPS) is 19.0. The van der Waals surface area contributed by atoms with Crippen LogP contribution in [0.5, 0.6) is 0 Å². The van der Waals surface area contributed by atoms with Gasteiger partial charge in [-0.1, -0.05) is 12.1 Å². The number of aromatic nitrogens is 3. The van der Waals surface area contributed by atoms with Gasteiger partial charge in [0.25, 0.3) is 0 Å². The molecule has 18 heavy (non-hydrogen) atoms. The van der Waals surface area contributed by atoms with Crippen LogP contribution in [0.1, 0.15) is 44.3 Å². The van der Waals surface area contributed by atoms with E-state index >= 15 is 0 Å². The third-order valence-corrected chi connectivity index (χ3v) is 4.71. The summed E-state index contributed by atoms with van der Waals surface area (Å²) in [6.45, 7) is 3.28. The number of thioether (sulfide) groups is 1. The lowest BCUT2D eigenvalue weighted by Crippen LogP contribution is -2.27. The minimum atomic E-state index is 0.415. The molecule has 1 saturated heterocycles. The molecule has 1 aliphatic heterocycles. The van der Waals surface area contributed by atoms with Crippen molar-refractivity contribution >= 4 is 11.8 Å². The number of nitrogens with one attached hydrogen (secondary N) is 1. The standard InChI is InChI=1S/C13H24N4S/c1-3-6-14-12(13-10-15-16-17(13)2)9-11-4-7-18-8-5-11/h10-12,14H,3-9H2,1-2H3. The molecule has 1 aromatic rings. The molecule has 0 radical (unpaired) electrons. The average molecular weight is 268 g/mol. The van der Waals surface area contributed by atoms with Gasteiger partial charge in [-0.2, -0.15) is 11.8 Å². The molecule has 4 nitrogen and oxygen atoms in total. The third-order valence-electron chi connectivity index (χ3n) is 3.66. The predicted octanol–water partition coefficient (Wildman–Crippen LogP) is 2.39. The fraction of sp³-hybridized carbons (Fsp3) is 0.846. The third kappa shape index (κ3) is 3.72. The number of nitrogens with zero attached hydrogens (tertiary/aromatic N) is 3. The molecular weight excluding hydrogens is 244 g/mol. The molecule has 1 aliphatic rings. The summed E-state index contributed by atoms with van der Waals surface area (Å²) in [7, 11) is 1.99. The molecule has 2 heterocycles. The topological polar surface area (TPSA) is 42.7 Å². The average Bonchev–Trinajstić information content (AvgIpc) is 2.82. The number of aryl methyl sites for hydroxylation is 1. The van der Waals surface area contributed by atoms with Gasteiger partial charge in [0.1, 0.15) is 0 Å². The van der Waals surface area contributed by atoms with Crippen LogP contribution >= 0.6 is 11.8 Å². The number of hydrogen-bond acceptors (Lipinski definition) is 4. The van der Waals surface area contributed by atoms with Crippen molar-refractivity contribution in [3.63, 3.8) is 0 Å². The van der Waals surface area contributed by atoms with Gasteiger partial charge in [-0.25, -0.2) is 0 Å². The Balaban J connectivity index is 1.98. The van der Waals surface area contributed by atoms with Crippen LogP contribution in [-0.2, 0) is 7.05 Å². The van der Waals surface area contributed by atoms with Gasteiger partial charge in [0, 0.05) is 7.05 Å². The minimum absolute atomic E-state index is 0.415. The highest BCUT2D eigenvalue weighted by molar-refractivity contribution is 7.99. The van der Waals surface area contributed by atoms with Gasteiger partial charge in [0.2, 0.25) is 0 Å². The van der Waals surface area contributed by atoms with Crippen LogP contribution in [-0.4, -0.2) is 33.0 Å². The van der Waals surface area contributed by atoms with Crippen molar-refractivity contribution in [1.29, 1.82) is 0 Å². The molecule has 1 aromatic heterocycles. The molecule has 1 atom stereocenters. The zero-order chi connectivity index (χ0) is 12.8. The number of rotatable bonds is 6. The Morgan fingerprint density at radius 1 is 1.50 bits per heavy atom.